The maximum absolute atomic E-state index is 10.1. The Morgan fingerprint density at radius 1 is 1.44 bits per heavy atom. The third kappa shape index (κ3) is 1.89. The van der Waals surface area contributed by atoms with E-state index in [4.69, 9.17) is 14.3 Å². The predicted molar refractivity (Wildman–Crippen MR) is 88.0 cm³/mol. The first-order valence-corrected chi connectivity index (χ1v) is 8.72. The van der Waals surface area contributed by atoms with Gasteiger partial charge in [-0.05, 0) is 18.1 Å². The Morgan fingerprint density at radius 3 is 3.12 bits per heavy atom. The number of hydroxylamine groups is 2. The van der Waals surface area contributed by atoms with E-state index in [9.17, 15) is 10.4 Å². The third-order valence-electron chi connectivity index (χ3n) is 6.09. The van der Waals surface area contributed by atoms with E-state index in [0.29, 0.717) is 18.8 Å². The van der Waals surface area contributed by atoms with Gasteiger partial charge in [-0.1, -0.05) is 18.2 Å². The number of hydrogen-bond acceptors (Lipinski definition) is 6. The molecule has 0 saturated carbocycles. The molecule has 6 nitrogen and oxygen atoms in total. The van der Waals surface area contributed by atoms with Gasteiger partial charge in [-0.2, -0.15) is 10.3 Å². The zero-order valence-corrected chi connectivity index (χ0v) is 14.0. The van der Waals surface area contributed by atoms with Crippen LogP contribution in [0, 0.1) is 17.2 Å². The minimum atomic E-state index is -0.495. The second-order valence-electron chi connectivity index (χ2n) is 7.24. The van der Waals surface area contributed by atoms with Crippen molar-refractivity contribution in [2.45, 2.75) is 36.5 Å². The van der Waals surface area contributed by atoms with E-state index >= 15 is 0 Å². The Morgan fingerprint density at radius 2 is 2.32 bits per heavy atom. The lowest BCUT2D eigenvalue weighted by atomic mass is 9.68. The van der Waals surface area contributed by atoms with Crippen molar-refractivity contribution in [3.8, 4) is 17.6 Å². The van der Waals surface area contributed by atoms with Crippen LogP contribution in [0.2, 0.25) is 0 Å². The molecule has 4 aliphatic rings. The van der Waals surface area contributed by atoms with E-state index in [1.165, 1.54) is 0 Å². The second-order valence-corrected chi connectivity index (χ2v) is 7.24. The van der Waals surface area contributed by atoms with Crippen LogP contribution in [0.4, 0.5) is 0 Å². The van der Waals surface area contributed by atoms with E-state index in [2.05, 4.69) is 12.1 Å². The monoisotopic (exact) mass is 340 g/mol. The second kappa shape index (κ2) is 5.21. The van der Waals surface area contributed by atoms with Crippen LogP contribution in [0.1, 0.15) is 30.0 Å². The number of rotatable bonds is 1. The first kappa shape index (κ1) is 15.2. The van der Waals surface area contributed by atoms with Gasteiger partial charge in [0.25, 0.3) is 0 Å². The molecule has 6 heteroatoms. The summed E-state index contributed by atoms with van der Waals surface area (Å²) in [7, 11) is 1.64. The van der Waals surface area contributed by atoms with E-state index in [1.54, 1.807) is 7.11 Å². The van der Waals surface area contributed by atoms with Crippen LogP contribution in [-0.4, -0.2) is 42.6 Å². The van der Waals surface area contributed by atoms with Gasteiger partial charge in [0, 0.05) is 18.5 Å². The maximum Gasteiger partial charge on any atom is 0.166 e. The number of benzene rings is 1. The van der Waals surface area contributed by atoms with Crippen LogP contribution in [-0.2, 0) is 10.3 Å². The van der Waals surface area contributed by atoms with Crippen molar-refractivity contribution in [3.05, 3.63) is 35.4 Å². The number of ether oxygens (including phenoxy) is 2. The van der Waals surface area contributed by atoms with Gasteiger partial charge in [0.1, 0.15) is 6.10 Å². The molecule has 1 saturated heterocycles. The SMILES string of the molecule is COc1ccc2c3c1OC1CC(O)C=CC31CCN1OCC(C#N)C21. The van der Waals surface area contributed by atoms with Crippen molar-refractivity contribution < 1.29 is 19.4 Å². The molecular weight excluding hydrogens is 320 g/mol. The number of methoxy groups -OCH3 is 1. The van der Waals surface area contributed by atoms with Crippen molar-refractivity contribution in [1.29, 1.82) is 5.26 Å². The summed E-state index contributed by atoms with van der Waals surface area (Å²) >= 11 is 0. The lowest BCUT2D eigenvalue weighted by Crippen LogP contribution is -2.42. The van der Waals surface area contributed by atoms with Crippen LogP contribution in [0.15, 0.2) is 24.3 Å². The van der Waals surface area contributed by atoms with Gasteiger partial charge in [-0.25, -0.2) is 0 Å². The van der Waals surface area contributed by atoms with Crippen molar-refractivity contribution in [3.63, 3.8) is 0 Å². The number of nitriles is 1. The fourth-order valence-electron chi connectivity index (χ4n) is 4.92. The first-order valence-electron chi connectivity index (χ1n) is 8.72. The number of nitrogens with zero attached hydrogens (tertiary/aromatic N) is 2. The highest BCUT2D eigenvalue weighted by Gasteiger charge is 2.56. The molecule has 1 aromatic rings. The Hall–Kier alpha value is -2.07. The van der Waals surface area contributed by atoms with E-state index in [0.717, 1.165) is 29.8 Å². The lowest BCUT2D eigenvalue weighted by molar-refractivity contribution is -0.134. The molecule has 1 aromatic carbocycles. The van der Waals surface area contributed by atoms with Crippen LogP contribution >= 0.6 is 0 Å². The number of hydrogen-bond donors (Lipinski definition) is 1. The topological polar surface area (TPSA) is 74.9 Å². The van der Waals surface area contributed by atoms with Crippen molar-refractivity contribution in [2.75, 3.05) is 20.3 Å². The highest BCUT2D eigenvalue weighted by atomic mass is 16.7. The van der Waals surface area contributed by atoms with Gasteiger partial charge in [0.2, 0.25) is 0 Å². The van der Waals surface area contributed by atoms with Crippen molar-refractivity contribution in [2.24, 2.45) is 5.92 Å². The Bertz CT molecular complexity index is 801. The molecule has 25 heavy (non-hydrogen) atoms. The first-order chi connectivity index (χ1) is 12.2. The van der Waals surface area contributed by atoms with E-state index in [-0.39, 0.29) is 23.5 Å². The van der Waals surface area contributed by atoms with Gasteiger partial charge in [-0.3, -0.25) is 4.84 Å². The van der Waals surface area contributed by atoms with E-state index in [1.807, 2.05) is 23.3 Å². The molecule has 5 rings (SSSR count). The largest absolute Gasteiger partial charge is 0.493 e. The zero-order valence-electron chi connectivity index (χ0n) is 14.0. The molecule has 0 aromatic heterocycles. The maximum atomic E-state index is 10.1. The normalized spacial score (nSPS) is 38.1. The molecule has 5 unspecified atom stereocenters. The lowest BCUT2D eigenvalue weighted by Gasteiger charge is -2.35. The summed E-state index contributed by atoms with van der Waals surface area (Å²) in [4.78, 5) is 5.83. The summed E-state index contributed by atoms with van der Waals surface area (Å²) < 4.78 is 11.9. The summed E-state index contributed by atoms with van der Waals surface area (Å²) in [5, 5.41) is 21.6. The molecule has 1 N–H and O–H groups in total. The number of aliphatic hydroxyl groups excluding tert-OH is 1. The van der Waals surface area contributed by atoms with Crippen molar-refractivity contribution >= 4 is 0 Å². The third-order valence-corrected chi connectivity index (χ3v) is 6.09. The van der Waals surface area contributed by atoms with Crippen LogP contribution in [0.3, 0.4) is 0 Å². The quantitative estimate of drug-likeness (QED) is 0.787. The van der Waals surface area contributed by atoms with Gasteiger partial charge >= 0.3 is 0 Å². The fraction of sp³-hybridized carbons (Fsp3) is 0.526. The van der Waals surface area contributed by atoms with E-state index < -0.39 is 6.10 Å². The van der Waals surface area contributed by atoms with Crippen LogP contribution in [0.25, 0.3) is 0 Å². The summed E-state index contributed by atoms with van der Waals surface area (Å²) in [5.41, 5.74) is 1.89. The highest BCUT2D eigenvalue weighted by Crippen LogP contribution is 2.58. The summed E-state index contributed by atoms with van der Waals surface area (Å²) in [5.74, 6) is 1.26. The minimum Gasteiger partial charge on any atom is -0.493 e. The number of fused-ring (bicyclic) bond motifs is 2. The van der Waals surface area contributed by atoms with Crippen LogP contribution in [0.5, 0.6) is 11.5 Å². The minimum absolute atomic E-state index is 0.0911. The average molecular weight is 340 g/mol. The zero-order chi connectivity index (χ0) is 17.2. The molecule has 1 spiro atoms. The Labute approximate surface area is 146 Å². The van der Waals surface area contributed by atoms with Crippen molar-refractivity contribution in [1.82, 2.24) is 5.06 Å². The molecule has 3 heterocycles. The average Bonchev–Trinajstić information content (AvgIpc) is 3.14. The molecule has 1 aliphatic carbocycles. The molecule has 0 amide bonds. The molecular formula is C19H20N2O4. The summed E-state index contributed by atoms with van der Waals surface area (Å²) in [6.07, 6.45) is 4.73. The fourth-order valence-corrected chi connectivity index (χ4v) is 4.92. The number of aliphatic hydroxyl groups is 1. The Balaban J connectivity index is 1.77. The van der Waals surface area contributed by atoms with Gasteiger partial charge < -0.3 is 14.6 Å². The molecule has 130 valence electrons. The molecule has 0 bridgehead atoms. The molecule has 3 aliphatic heterocycles. The molecule has 1 fully saturated rings. The van der Waals surface area contributed by atoms with Gasteiger partial charge in [0.15, 0.2) is 11.5 Å². The summed E-state index contributed by atoms with van der Waals surface area (Å²) in [6.45, 7) is 1.15. The standard InChI is InChI=1S/C19H20N2O4/c1-23-14-3-2-13-16-18(14)25-15-8-12(22)4-5-19(15,16)6-7-21-17(13)11(9-20)10-24-21/h2-5,11-12,15,17,22H,6-8,10H2,1H3. The summed E-state index contributed by atoms with van der Waals surface area (Å²) in [6, 6.07) is 6.26. The highest BCUT2D eigenvalue weighted by molar-refractivity contribution is 5.62. The van der Waals surface area contributed by atoms with Crippen LogP contribution < -0.4 is 9.47 Å². The molecule has 0 radical (unpaired) electrons. The van der Waals surface area contributed by atoms with Gasteiger partial charge in [0.05, 0.1) is 43.3 Å². The predicted octanol–water partition coefficient (Wildman–Crippen LogP) is 1.85. The molecule has 5 atom stereocenters. The Kier molecular flexibility index (Phi) is 3.17. The van der Waals surface area contributed by atoms with Gasteiger partial charge in [-0.15, -0.1) is 0 Å². The smallest absolute Gasteiger partial charge is 0.166 e.